The first-order valence-electron chi connectivity index (χ1n) is 40.7. The standard InChI is InChI=1S/C81H137N17O15/c1-48(2)41-60(90-72(103)59(34-21-25-39-85)89-71(102)58(33-20-24-38-84)88-70(101)57(32-19-23-37-83)87-69(100)56(86)31-18-22-36-82)73(104)91-61(42-49(3)4)75(106)95-65(45-52(9)10)80(111)98-40-26-35-67(98)78(109)97-68(53(11)99)79(110)94-63(44-51(7)8)74(105)93-64(46-54-27-14-12-15-28-54)77(108)92-62(43-50(5)6)76(107)96-66(81(112)113)47-55-29-16-13-17-30-55/h12-17,27-30,48-53,56-68,99H,18-26,31-47,82-86H2,1-11H3,(H,87,100)(H,88,101)(H,89,102)(H,90,103)(H,91,104)(H,92,108)(H,93,105)(H,94,110)(H,95,106)(H,96,107)(H,97,109)(H,112,113)/t53-,56+,57+,58+,59+,60+,61+,62+,63+,64+,65+,66+,67+,68+/m1/s1. The largest absolute Gasteiger partial charge is 0.480 e. The molecule has 0 radical (unpaired) electrons. The second-order valence-electron chi connectivity index (χ2n) is 32.1. The summed E-state index contributed by atoms with van der Waals surface area (Å²) in [5, 5.41) is 51.7. The van der Waals surface area contributed by atoms with Crippen LogP contribution in [0.1, 0.15) is 209 Å². The van der Waals surface area contributed by atoms with Gasteiger partial charge >= 0.3 is 5.97 Å². The lowest BCUT2D eigenvalue weighted by Crippen LogP contribution is -2.62. The SMILES string of the molecule is CC(C)C[C@H](NC(=O)[C@H](Cc1ccccc1)NC(=O)[C@H](CC(C)C)NC(=O)[C@@H](NC(=O)[C@@H]1CCCN1C(=O)[C@H](CC(C)C)NC(=O)[C@H](CC(C)C)NC(=O)[C@H](CC(C)C)NC(=O)[C@H](CCCCN)NC(=O)[C@H](CCCCN)NC(=O)[C@H](CCCCN)NC(=O)[C@@H](N)CCCCN)[C@@H](C)O)C(=O)N[C@@H](Cc1ccccc1)C(=O)O. The van der Waals surface area contributed by atoms with Gasteiger partial charge in [0.25, 0.3) is 0 Å². The van der Waals surface area contributed by atoms with Crippen LogP contribution in [0.25, 0.3) is 0 Å². The molecule has 1 heterocycles. The zero-order valence-corrected chi connectivity index (χ0v) is 68.7. The lowest BCUT2D eigenvalue weighted by Gasteiger charge is -2.32. The number of carbonyl (C=O) groups excluding carboxylic acids is 12. The Kier molecular flexibility index (Phi) is 45.9. The van der Waals surface area contributed by atoms with Gasteiger partial charge in [0.05, 0.1) is 12.1 Å². The molecule has 1 fully saturated rings. The third-order valence-electron chi connectivity index (χ3n) is 19.4. The number of rotatable bonds is 55. The second kappa shape index (κ2) is 52.7. The van der Waals surface area contributed by atoms with E-state index in [1.165, 1.54) is 11.8 Å². The van der Waals surface area contributed by atoms with Crippen molar-refractivity contribution in [1.29, 1.82) is 0 Å². The Bertz CT molecular complexity index is 3290. The maximum absolute atomic E-state index is 15.0. The maximum atomic E-state index is 15.0. The monoisotopic (exact) mass is 1590 g/mol. The van der Waals surface area contributed by atoms with Crippen LogP contribution in [-0.4, -0.2) is 209 Å². The van der Waals surface area contributed by atoms with Crippen molar-refractivity contribution in [3.63, 3.8) is 0 Å². The molecule has 3 rings (SSSR count). The molecule has 0 bridgehead atoms. The summed E-state index contributed by atoms with van der Waals surface area (Å²) < 4.78 is 0. The first kappa shape index (κ1) is 98.5. The highest BCUT2D eigenvalue weighted by Gasteiger charge is 2.43. The van der Waals surface area contributed by atoms with E-state index >= 15 is 0 Å². The Morgan fingerprint density at radius 3 is 1.02 bits per heavy atom. The van der Waals surface area contributed by atoms with Gasteiger partial charge in [-0.3, -0.25) is 57.5 Å². The molecule has 12 amide bonds. The van der Waals surface area contributed by atoms with Gasteiger partial charge in [0.15, 0.2) is 0 Å². The summed E-state index contributed by atoms with van der Waals surface area (Å²) in [6.07, 6.45) is 3.91. The van der Waals surface area contributed by atoms with Gasteiger partial charge < -0.3 is 102 Å². The van der Waals surface area contributed by atoms with Crippen LogP contribution >= 0.6 is 0 Å². The number of aliphatic carboxylic acids is 1. The molecule has 23 N–H and O–H groups in total. The average Bonchev–Trinajstić information content (AvgIpc) is 1.71. The van der Waals surface area contributed by atoms with Crippen molar-refractivity contribution < 1.29 is 72.5 Å². The van der Waals surface area contributed by atoms with Crippen LogP contribution in [-0.2, 0) is 75.2 Å². The number of nitrogens with zero attached hydrogens (tertiary/aromatic N) is 1. The summed E-state index contributed by atoms with van der Waals surface area (Å²) in [4.78, 5) is 187. The van der Waals surface area contributed by atoms with E-state index in [4.69, 9.17) is 28.7 Å². The molecule has 0 spiro atoms. The topological polar surface area (TPSA) is 528 Å². The lowest BCUT2D eigenvalue weighted by atomic mass is 9.98. The van der Waals surface area contributed by atoms with E-state index < -0.39 is 162 Å². The Balaban J connectivity index is 1.90. The molecule has 0 aromatic heterocycles. The Morgan fingerprint density at radius 1 is 0.372 bits per heavy atom. The minimum atomic E-state index is -1.70. The lowest BCUT2D eigenvalue weighted by molar-refractivity contribution is -0.143. The fraction of sp³-hybridized carbons (Fsp3) is 0.691. The predicted molar refractivity (Wildman–Crippen MR) is 432 cm³/mol. The number of aliphatic hydroxyl groups excluding tert-OH is 1. The van der Waals surface area contributed by atoms with Crippen LogP contribution < -0.4 is 87.2 Å². The van der Waals surface area contributed by atoms with Crippen molar-refractivity contribution in [3.8, 4) is 0 Å². The number of hydrogen-bond donors (Lipinski definition) is 18. The quantitative estimate of drug-likeness (QED) is 0.0415. The first-order chi connectivity index (χ1) is 53.5. The van der Waals surface area contributed by atoms with Crippen molar-refractivity contribution in [2.45, 2.75) is 296 Å². The minimum absolute atomic E-state index is 0.00950. The van der Waals surface area contributed by atoms with Gasteiger partial charge in [-0.15, -0.1) is 0 Å². The van der Waals surface area contributed by atoms with Crippen molar-refractivity contribution in [2.24, 2.45) is 58.3 Å². The molecule has 113 heavy (non-hydrogen) atoms. The van der Waals surface area contributed by atoms with E-state index in [9.17, 15) is 72.5 Å². The number of carboxylic acids is 1. The summed E-state index contributed by atoms with van der Waals surface area (Å²) in [6.45, 7) is 20.9. The van der Waals surface area contributed by atoms with E-state index in [0.717, 1.165) is 0 Å². The van der Waals surface area contributed by atoms with Crippen LogP contribution in [0.4, 0.5) is 0 Å². The molecular formula is C81H137N17O15. The molecule has 1 saturated heterocycles. The molecule has 14 atom stereocenters. The molecule has 2 aromatic carbocycles. The minimum Gasteiger partial charge on any atom is -0.480 e. The number of hydrogen-bond acceptors (Lipinski definition) is 19. The molecule has 1 aliphatic heterocycles. The zero-order valence-electron chi connectivity index (χ0n) is 68.7. The van der Waals surface area contributed by atoms with Gasteiger partial charge in [0, 0.05) is 19.4 Å². The first-order valence-corrected chi connectivity index (χ1v) is 40.7. The zero-order chi connectivity index (χ0) is 84.4. The Labute approximate surface area is 668 Å². The van der Waals surface area contributed by atoms with Gasteiger partial charge in [0.1, 0.15) is 72.5 Å². The van der Waals surface area contributed by atoms with Gasteiger partial charge in [-0.2, -0.15) is 0 Å². The number of nitrogens with two attached hydrogens (primary N) is 5. The van der Waals surface area contributed by atoms with Crippen molar-refractivity contribution in [2.75, 3.05) is 32.7 Å². The summed E-state index contributed by atoms with van der Waals surface area (Å²) >= 11 is 0. The number of carbonyl (C=O) groups is 13. The fourth-order valence-electron chi connectivity index (χ4n) is 13.4. The molecular weight excluding hydrogens is 1450 g/mol. The molecule has 0 aliphatic carbocycles. The van der Waals surface area contributed by atoms with E-state index in [-0.39, 0.29) is 113 Å². The van der Waals surface area contributed by atoms with Crippen molar-refractivity contribution >= 4 is 76.9 Å². The third-order valence-corrected chi connectivity index (χ3v) is 19.4. The van der Waals surface area contributed by atoms with E-state index in [0.29, 0.717) is 95.0 Å². The molecule has 2 aromatic rings. The fourth-order valence-corrected chi connectivity index (χ4v) is 13.4. The van der Waals surface area contributed by atoms with Gasteiger partial charge in [-0.1, -0.05) is 136 Å². The molecule has 1 aliphatic rings. The molecule has 0 saturated carbocycles. The number of likely N-dealkylation sites (tertiary alicyclic amines) is 1. The van der Waals surface area contributed by atoms with E-state index in [2.05, 4.69) is 58.5 Å². The van der Waals surface area contributed by atoms with E-state index in [1.54, 1.807) is 74.5 Å². The highest BCUT2D eigenvalue weighted by Crippen LogP contribution is 2.23. The maximum Gasteiger partial charge on any atom is 0.326 e. The average molecular weight is 1590 g/mol. The van der Waals surface area contributed by atoms with Gasteiger partial charge in [-0.05, 0) is 189 Å². The number of carboxylic acid groups (broad SMARTS) is 1. The number of nitrogens with one attached hydrogen (secondary N) is 11. The Morgan fingerprint density at radius 2 is 0.664 bits per heavy atom. The second-order valence-corrected chi connectivity index (χ2v) is 32.1. The van der Waals surface area contributed by atoms with Crippen LogP contribution in [0.5, 0.6) is 0 Å². The summed E-state index contributed by atoms with van der Waals surface area (Å²) in [6, 6.07) is 1.04. The smallest absolute Gasteiger partial charge is 0.326 e. The molecule has 32 nitrogen and oxygen atoms in total. The van der Waals surface area contributed by atoms with Gasteiger partial charge in [-0.25, -0.2) is 4.79 Å². The number of benzene rings is 2. The summed E-state index contributed by atoms with van der Waals surface area (Å²) in [7, 11) is 0. The van der Waals surface area contributed by atoms with E-state index in [1.807, 2.05) is 55.4 Å². The molecule has 32 heteroatoms. The number of amides is 12. The highest BCUT2D eigenvalue weighted by molar-refractivity contribution is 6.00. The Hall–Kier alpha value is -8.69. The van der Waals surface area contributed by atoms with Crippen LogP contribution in [0.2, 0.25) is 0 Å². The van der Waals surface area contributed by atoms with Crippen LogP contribution in [0.3, 0.4) is 0 Å². The number of aliphatic hydroxyl groups is 1. The highest BCUT2D eigenvalue weighted by atomic mass is 16.4. The normalized spacial score (nSPS) is 16.3. The number of unbranched alkanes of at least 4 members (excludes halogenated alkanes) is 4. The van der Waals surface area contributed by atoms with Crippen LogP contribution in [0.15, 0.2) is 60.7 Å². The molecule has 0 unspecified atom stereocenters. The molecule has 636 valence electrons. The summed E-state index contributed by atoms with van der Waals surface area (Å²) in [5.41, 5.74) is 30.6. The third kappa shape index (κ3) is 37.0. The predicted octanol–water partition coefficient (Wildman–Crippen LogP) is 1.33. The van der Waals surface area contributed by atoms with Crippen molar-refractivity contribution in [1.82, 2.24) is 63.4 Å². The summed E-state index contributed by atoms with van der Waals surface area (Å²) in [5.74, 6) is -11.2. The van der Waals surface area contributed by atoms with Gasteiger partial charge in [0.2, 0.25) is 70.9 Å². The van der Waals surface area contributed by atoms with Crippen molar-refractivity contribution in [3.05, 3.63) is 71.8 Å². The van der Waals surface area contributed by atoms with Crippen LogP contribution in [0, 0.1) is 29.6 Å².